The van der Waals surface area contributed by atoms with Gasteiger partial charge in [0.05, 0.1) is 11.5 Å². The molecule has 1 aromatic rings. The number of ether oxygens (including phenoxy) is 1. The van der Waals surface area contributed by atoms with E-state index in [0.717, 1.165) is 0 Å². The zero-order valence-corrected chi connectivity index (χ0v) is 8.47. The molecule has 0 saturated carbocycles. The topological polar surface area (TPSA) is 56.3 Å². The van der Waals surface area contributed by atoms with Gasteiger partial charge in [0.15, 0.2) is 0 Å². The molecule has 13 heavy (non-hydrogen) atoms. The van der Waals surface area contributed by atoms with E-state index in [9.17, 15) is 8.42 Å². The van der Waals surface area contributed by atoms with Crippen LogP contribution in [0.3, 0.4) is 0 Å². The number of hydrogen-bond donors (Lipinski definition) is 0. The maximum Gasteiger partial charge on any atom is 0.261 e. The molecule has 0 unspecified atom stereocenters. The first-order valence-corrected chi connectivity index (χ1v) is 5.88. The predicted molar refractivity (Wildman–Crippen MR) is 48.4 cm³/mol. The number of hydrogen-bond acceptors (Lipinski definition) is 4. The van der Waals surface area contributed by atoms with Gasteiger partial charge in [0.25, 0.3) is 9.05 Å². The molecule has 0 spiro atoms. The highest BCUT2D eigenvalue weighted by atomic mass is 35.7. The lowest BCUT2D eigenvalue weighted by molar-refractivity contribution is 0.326. The Morgan fingerprint density at radius 2 is 2.31 bits per heavy atom. The summed E-state index contributed by atoms with van der Waals surface area (Å²) in [5.74, 6) is 0.254. The number of nitrogens with zero attached hydrogens (tertiary/aromatic N) is 1. The number of rotatable bonds is 3. The van der Waals surface area contributed by atoms with Crippen LogP contribution in [0.4, 0.5) is 0 Å². The lowest BCUT2D eigenvalue weighted by Gasteiger charge is -2.01. The second-order valence-corrected chi connectivity index (χ2v) is 4.77. The minimum Gasteiger partial charge on any atom is -0.478 e. The van der Waals surface area contributed by atoms with Crippen LogP contribution in [0.5, 0.6) is 5.88 Å². The maximum absolute atomic E-state index is 10.9. The molecular weight excluding hydrogens is 214 g/mol. The molecule has 4 nitrogen and oxygen atoms in total. The number of pyridine rings is 1. The van der Waals surface area contributed by atoms with Crippen molar-refractivity contribution in [2.75, 3.05) is 6.61 Å². The van der Waals surface area contributed by atoms with Crippen molar-refractivity contribution in [1.29, 1.82) is 0 Å². The van der Waals surface area contributed by atoms with Gasteiger partial charge in [-0.15, -0.1) is 0 Å². The van der Waals surface area contributed by atoms with Crippen LogP contribution in [0.1, 0.15) is 6.92 Å². The van der Waals surface area contributed by atoms with Gasteiger partial charge in [-0.1, -0.05) is 0 Å². The van der Waals surface area contributed by atoms with Crippen LogP contribution >= 0.6 is 10.7 Å². The Labute approximate surface area is 80.9 Å². The standard InChI is InChI=1S/C7H8ClNO3S/c1-2-12-7-5-6(3-4-9-7)13(8,10)11/h3-5H,2H2,1H3. The molecule has 1 aromatic heterocycles. The van der Waals surface area contributed by atoms with Crippen LogP contribution in [0.2, 0.25) is 0 Å². The Hall–Kier alpha value is -0.810. The first-order chi connectivity index (χ1) is 6.04. The van der Waals surface area contributed by atoms with Gasteiger partial charge in [-0.25, -0.2) is 13.4 Å². The molecule has 0 aliphatic heterocycles. The van der Waals surface area contributed by atoms with E-state index in [1.165, 1.54) is 18.3 Å². The molecule has 0 aromatic carbocycles. The normalized spacial score (nSPS) is 11.2. The van der Waals surface area contributed by atoms with Crippen LogP contribution in [0.15, 0.2) is 23.2 Å². The number of aromatic nitrogens is 1. The van der Waals surface area contributed by atoms with E-state index in [4.69, 9.17) is 15.4 Å². The van der Waals surface area contributed by atoms with Crippen molar-refractivity contribution >= 4 is 19.7 Å². The highest BCUT2D eigenvalue weighted by Crippen LogP contribution is 2.17. The Morgan fingerprint density at radius 1 is 1.62 bits per heavy atom. The zero-order chi connectivity index (χ0) is 9.90. The molecule has 0 bridgehead atoms. The Balaban J connectivity index is 3.06. The molecular formula is C7H8ClNO3S. The molecule has 6 heteroatoms. The molecule has 0 aliphatic carbocycles. The van der Waals surface area contributed by atoms with Crippen LogP contribution in [0, 0.1) is 0 Å². The molecule has 1 heterocycles. The van der Waals surface area contributed by atoms with Crippen molar-refractivity contribution in [1.82, 2.24) is 4.98 Å². The van der Waals surface area contributed by atoms with Gasteiger partial charge in [-0.3, -0.25) is 0 Å². The molecule has 0 fully saturated rings. The second kappa shape index (κ2) is 3.93. The van der Waals surface area contributed by atoms with Crippen molar-refractivity contribution in [3.05, 3.63) is 18.3 Å². The fraction of sp³-hybridized carbons (Fsp3) is 0.286. The van der Waals surface area contributed by atoms with Gasteiger partial charge in [0.1, 0.15) is 0 Å². The Kier molecular flexibility index (Phi) is 3.11. The van der Waals surface area contributed by atoms with Crippen molar-refractivity contribution in [3.8, 4) is 5.88 Å². The molecule has 0 N–H and O–H groups in total. The summed E-state index contributed by atoms with van der Waals surface area (Å²) in [6, 6.07) is 2.59. The third-order valence-corrected chi connectivity index (χ3v) is 2.63. The van der Waals surface area contributed by atoms with E-state index >= 15 is 0 Å². The molecule has 1 rings (SSSR count). The molecule has 0 atom stereocenters. The Morgan fingerprint density at radius 3 is 2.85 bits per heavy atom. The minimum atomic E-state index is -3.69. The second-order valence-electron chi connectivity index (χ2n) is 2.20. The van der Waals surface area contributed by atoms with Gasteiger partial charge < -0.3 is 4.74 Å². The van der Waals surface area contributed by atoms with E-state index in [0.29, 0.717) is 6.61 Å². The predicted octanol–water partition coefficient (Wildman–Crippen LogP) is 1.41. The Bertz CT molecular complexity index is 390. The molecule has 0 radical (unpaired) electrons. The maximum atomic E-state index is 10.9. The van der Waals surface area contributed by atoms with Crippen LogP contribution in [-0.4, -0.2) is 20.0 Å². The van der Waals surface area contributed by atoms with E-state index in [1.807, 2.05) is 0 Å². The SMILES string of the molecule is CCOc1cc(S(=O)(=O)Cl)ccn1. The lowest BCUT2D eigenvalue weighted by atomic mass is 10.5. The van der Waals surface area contributed by atoms with Gasteiger partial charge in [0, 0.05) is 22.9 Å². The van der Waals surface area contributed by atoms with E-state index in [2.05, 4.69) is 4.98 Å². The zero-order valence-electron chi connectivity index (χ0n) is 6.90. The van der Waals surface area contributed by atoms with Gasteiger partial charge in [-0.05, 0) is 13.0 Å². The number of halogens is 1. The minimum absolute atomic E-state index is 0.00684. The average molecular weight is 222 g/mol. The first kappa shape index (κ1) is 10.3. The summed E-state index contributed by atoms with van der Waals surface area (Å²) < 4.78 is 26.8. The van der Waals surface area contributed by atoms with Crippen LogP contribution < -0.4 is 4.74 Å². The van der Waals surface area contributed by atoms with Gasteiger partial charge >= 0.3 is 0 Å². The summed E-state index contributed by atoms with van der Waals surface area (Å²) in [5, 5.41) is 0. The van der Waals surface area contributed by atoms with Crippen LogP contribution in [-0.2, 0) is 9.05 Å². The fourth-order valence-corrected chi connectivity index (χ4v) is 1.52. The smallest absolute Gasteiger partial charge is 0.261 e. The highest BCUT2D eigenvalue weighted by Gasteiger charge is 2.10. The van der Waals surface area contributed by atoms with E-state index < -0.39 is 9.05 Å². The average Bonchev–Trinajstić information content (AvgIpc) is 2.04. The van der Waals surface area contributed by atoms with E-state index in [-0.39, 0.29) is 10.8 Å². The summed E-state index contributed by atoms with van der Waals surface area (Å²) in [5.41, 5.74) is 0. The monoisotopic (exact) mass is 221 g/mol. The van der Waals surface area contributed by atoms with Crippen molar-refractivity contribution in [2.45, 2.75) is 11.8 Å². The lowest BCUT2D eigenvalue weighted by Crippen LogP contribution is -1.97. The molecule has 0 saturated heterocycles. The highest BCUT2D eigenvalue weighted by molar-refractivity contribution is 8.13. The summed E-state index contributed by atoms with van der Waals surface area (Å²) >= 11 is 0. The van der Waals surface area contributed by atoms with Crippen molar-refractivity contribution in [3.63, 3.8) is 0 Å². The summed E-state index contributed by atoms with van der Waals surface area (Å²) in [6.07, 6.45) is 1.33. The quantitative estimate of drug-likeness (QED) is 0.725. The van der Waals surface area contributed by atoms with Crippen LogP contribution in [0.25, 0.3) is 0 Å². The molecule has 72 valence electrons. The van der Waals surface area contributed by atoms with Gasteiger partial charge in [0.2, 0.25) is 5.88 Å². The molecule has 0 amide bonds. The third kappa shape index (κ3) is 2.86. The largest absolute Gasteiger partial charge is 0.478 e. The summed E-state index contributed by atoms with van der Waals surface area (Å²) in [4.78, 5) is 3.79. The summed E-state index contributed by atoms with van der Waals surface area (Å²) in [7, 11) is 1.43. The summed E-state index contributed by atoms with van der Waals surface area (Å²) in [6.45, 7) is 2.21. The molecule has 0 aliphatic rings. The van der Waals surface area contributed by atoms with Gasteiger partial charge in [-0.2, -0.15) is 0 Å². The van der Waals surface area contributed by atoms with Crippen molar-refractivity contribution in [2.24, 2.45) is 0 Å². The fourth-order valence-electron chi connectivity index (χ4n) is 0.770. The third-order valence-electron chi connectivity index (χ3n) is 1.28. The first-order valence-electron chi connectivity index (χ1n) is 3.57. The van der Waals surface area contributed by atoms with Crippen molar-refractivity contribution < 1.29 is 13.2 Å². The van der Waals surface area contributed by atoms with E-state index in [1.54, 1.807) is 6.92 Å².